The zero-order valence-electron chi connectivity index (χ0n) is 16.9. The molecule has 146 valence electrons. The van der Waals surface area contributed by atoms with Crippen molar-refractivity contribution >= 4 is 5.78 Å². The van der Waals surface area contributed by atoms with Gasteiger partial charge in [0.1, 0.15) is 11.5 Å². The lowest BCUT2D eigenvalue weighted by atomic mass is 10.1. The molecule has 0 aliphatic carbocycles. The normalized spacial score (nSPS) is 10.7. The van der Waals surface area contributed by atoms with Gasteiger partial charge in [-0.15, -0.1) is 0 Å². The van der Waals surface area contributed by atoms with E-state index < -0.39 is 0 Å². The molecular formula is C23H26N2O3. The van der Waals surface area contributed by atoms with Crippen LogP contribution in [0, 0.1) is 20.8 Å². The van der Waals surface area contributed by atoms with Gasteiger partial charge in [0.05, 0.1) is 13.3 Å². The van der Waals surface area contributed by atoms with E-state index in [0.29, 0.717) is 11.3 Å². The number of hydrogen-bond donors (Lipinski definition) is 0. The molecule has 0 radical (unpaired) electrons. The van der Waals surface area contributed by atoms with E-state index in [2.05, 4.69) is 21.7 Å². The lowest BCUT2D eigenvalue weighted by Crippen LogP contribution is -2.13. The molecule has 0 fully saturated rings. The van der Waals surface area contributed by atoms with Crippen LogP contribution in [0.5, 0.6) is 11.5 Å². The van der Waals surface area contributed by atoms with Crippen molar-refractivity contribution in [3.63, 3.8) is 0 Å². The van der Waals surface area contributed by atoms with E-state index in [0.717, 1.165) is 35.8 Å². The van der Waals surface area contributed by atoms with Crippen LogP contribution in [0.1, 0.15) is 33.0 Å². The summed E-state index contributed by atoms with van der Waals surface area (Å²) in [5.41, 5.74) is 4.91. The Hall–Kier alpha value is -3.08. The maximum atomic E-state index is 12.6. The Kier molecular flexibility index (Phi) is 6.14. The number of pyridine rings is 1. The molecule has 0 amide bonds. The molecule has 0 bridgehead atoms. The molecule has 0 aliphatic heterocycles. The first-order valence-electron chi connectivity index (χ1n) is 9.36. The number of Topliss-reactive ketones (excluding diaryl/α,β-unsaturated/α-hetero) is 1. The van der Waals surface area contributed by atoms with Crippen LogP contribution in [0.15, 0.2) is 48.7 Å². The van der Waals surface area contributed by atoms with Crippen molar-refractivity contribution in [1.29, 1.82) is 0 Å². The van der Waals surface area contributed by atoms with Gasteiger partial charge in [-0.1, -0.05) is 12.1 Å². The minimum Gasteiger partial charge on any atom is -0.497 e. The van der Waals surface area contributed by atoms with Crippen LogP contribution >= 0.6 is 0 Å². The smallest absolute Gasteiger partial charge is 0.202 e. The van der Waals surface area contributed by atoms with E-state index >= 15 is 0 Å². The van der Waals surface area contributed by atoms with Crippen LogP contribution in [0.25, 0.3) is 0 Å². The fourth-order valence-electron chi connectivity index (χ4n) is 3.23. The first kappa shape index (κ1) is 19.7. The van der Waals surface area contributed by atoms with Crippen LogP contribution in [-0.4, -0.2) is 29.1 Å². The molecule has 2 heterocycles. The van der Waals surface area contributed by atoms with Gasteiger partial charge >= 0.3 is 0 Å². The number of methoxy groups -OCH3 is 1. The summed E-state index contributed by atoms with van der Waals surface area (Å²) >= 11 is 0. The molecule has 1 aromatic carbocycles. The number of hydrogen-bond acceptors (Lipinski definition) is 4. The number of benzene rings is 1. The highest BCUT2D eigenvalue weighted by molar-refractivity contribution is 5.98. The van der Waals surface area contributed by atoms with Crippen LogP contribution in [-0.2, 0) is 13.0 Å². The highest BCUT2D eigenvalue weighted by Gasteiger charge is 2.16. The third-order valence-electron chi connectivity index (χ3n) is 4.91. The second kappa shape index (κ2) is 8.74. The van der Waals surface area contributed by atoms with E-state index in [1.54, 1.807) is 13.3 Å². The van der Waals surface area contributed by atoms with Crippen molar-refractivity contribution in [2.24, 2.45) is 0 Å². The second-order valence-electron chi connectivity index (χ2n) is 6.88. The molecule has 0 atom stereocenters. The number of aryl methyl sites for hydroxylation is 3. The molecule has 3 rings (SSSR count). The number of rotatable bonds is 8. The zero-order chi connectivity index (χ0) is 20.1. The molecule has 0 saturated carbocycles. The lowest BCUT2D eigenvalue weighted by Gasteiger charge is -2.10. The van der Waals surface area contributed by atoms with Gasteiger partial charge in [-0.2, -0.15) is 0 Å². The molecular weight excluding hydrogens is 352 g/mol. The fourth-order valence-corrected chi connectivity index (χ4v) is 3.23. The molecule has 0 saturated heterocycles. The SMILES string of the molecule is COc1ccc(CCn2c(C)cc(C(=O)COc3ccc(C)nc3)c2C)cc1. The van der Waals surface area contributed by atoms with Crippen LogP contribution in [0.2, 0.25) is 0 Å². The molecule has 3 aromatic rings. The van der Waals surface area contributed by atoms with E-state index in [1.165, 1.54) is 5.56 Å². The first-order chi connectivity index (χ1) is 13.5. The van der Waals surface area contributed by atoms with Crippen molar-refractivity contribution in [2.45, 2.75) is 33.7 Å². The van der Waals surface area contributed by atoms with Gasteiger partial charge in [0.2, 0.25) is 5.78 Å². The molecule has 0 unspecified atom stereocenters. The number of ether oxygens (including phenoxy) is 2. The number of ketones is 1. The highest BCUT2D eigenvalue weighted by atomic mass is 16.5. The molecule has 5 nitrogen and oxygen atoms in total. The minimum absolute atomic E-state index is 0.00745. The van der Waals surface area contributed by atoms with E-state index in [9.17, 15) is 4.79 Å². The van der Waals surface area contributed by atoms with Crippen LogP contribution in [0.4, 0.5) is 0 Å². The Morgan fingerprint density at radius 1 is 1.04 bits per heavy atom. The Morgan fingerprint density at radius 3 is 2.39 bits per heavy atom. The zero-order valence-corrected chi connectivity index (χ0v) is 16.9. The fraction of sp³-hybridized carbons (Fsp3) is 0.304. The molecule has 28 heavy (non-hydrogen) atoms. The summed E-state index contributed by atoms with van der Waals surface area (Å²) in [5, 5.41) is 0. The van der Waals surface area contributed by atoms with Crippen molar-refractivity contribution in [1.82, 2.24) is 9.55 Å². The van der Waals surface area contributed by atoms with Gasteiger partial charge in [0.25, 0.3) is 0 Å². The van der Waals surface area contributed by atoms with Gasteiger partial charge in [0, 0.05) is 29.2 Å². The van der Waals surface area contributed by atoms with Gasteiger partial charge < -0.3 is 14.0 Å². The molecule has 2 aromatic heterocycles. The quantitative estimate of drug-likeness (QED) is 0.548. The average molecular weight is 378 g/mol. The maximum absolute atomic E-state index is 12.6. The first-order valence-corrected chi connectivity index (χ1v) is 9.36. The summed E-state index contributed by atoms with van der Waals surface area (Å²) in [7, 11) is 1.67. The summed E-state index contributed by atoms with van der Waals surface area (Å²) in [5.74, 6) is 1.44. The maximum Gasteiger partial charge on any atom is 0.202 e. The minimum atomic E-state index is -0.0237. The Bertz CT molecular complexity index is 941. The van der Waals surface area contributed by atoms with Gasteiger partial charge in [-0.05, 0) is 63.1 Å². The highest BCUT2D eigenvalue weighted by Crippen LogP contribution is 2.19. The van der Waals surface area contributed by atoms with Crippen LogP contribution in [0.3, 0.4) is 0 Å². The Morgan fingerprint density at radius 2 is 1.75 bits per heavy atom. The summed E-state index contributed by atoms with van der Waals surface area (Å²) in [6.07, 6.45) is 2.53. The lowest BCUT2D eigenvalue weighted by molar-refractivity contribution is 0.0920. The number of carbonyl (C=O) groups excluding carboxylic acids is 1. The predicted octanol–water partition coefficient (Wildman–Crippen LogP) is 4.32. The van der Waals surface area contributed by atoms with Crippen LogP contribution < -0.4 is 9.47 Å². The van der Waals surface area contributed by atoms with Crippen molar-refractivity contribution in [2.75, 3.05) is 13.7 Å². The van der Waals surface area contributed by atoms with Crippen molar-refractivity contribution in [3.8, 4) is 11.5 Å². The molecule has 0 spiro atoms. The summed E-state index contributed by atoms with van der Waals surface area (Å²) in [6, 6.07) is 13.7. The molecule has 5 heteroatoms. The topological polar surface area (TPSA) is 53.4 Å². The van der Waals surface area contributed by atoms with Crippen molar-refractivity contribution < 1.29 is 14.3 Å². The number of aromatic nitrogens is 2. The number of carbonyl (C=O) groups is 1. The van der Waals surface area contributed by atoms with E-state index in [1.807, 2.05) is 51.1 Å². The van der Waals surface area contributed by atoms with Gasteiger partial charge in [-0.25, -0.2) is 0 Å². The Labute approximate surface area is 165 Å². The van der Waals surface area contributed by atoms with Gasteiger partial charge in [-0.3, -0.25) is 9.78 Å². The van der Waals surface area contributed by atoms with Crippen molar-refractivity contribution in [3.05, 3.63) is 76.9 Å². The van der Waals surface area contributed by atoms with E-state index in [4.69, 9.17) is 9.47 Å². The summed E-state index contributed by atoms with van der Waals surface area (Å²) in [6.45, 7) is 6.76. The molecule has 0 N–H and O–H groups in total. The monoisotopic (exact) mass is 378 g/mol. The third-order valence-corrected chi connectivity index (χ3v) is 4.91. The third kappa shape index (κ3) is 4.60. The Balaban J connectivity index is 1.64. The van der Waals surface area contributed by atoms with Gasteiger partial charge in [0.15, 0.2) is 6.61 Å². The summed E-state index contributed by atoms with van der Waals surface area (Å²) < 4.78 is 13.0. The standard InChI is InChI=1S/C23H26N2O3/c1-16-5-8-21(14-24-16)28-15-23(26)22-13-17(2)25(18(22)3)12-11-19-6-9-20(27-4)10-7-19/h5-10,13-14H,11-12,15H2,1-4H3. The van der Waals surface area contributed by atoms with E-state index in [-0.39, 0.29) is 12.4 Å². The largest absolute Gasteiger partial charge is 0.497 e. The average Bonchev–Trinajstić information content (AvgIpc) is 3.00. The number of nitrogens with zero attached hydrogens (tertiary/aromatic N) is 2. The summed E-state index contributed by atoms with van der Waals surface area (Å²) in [4.78, 5) is 16.8. The molecule has 0 aliphatic rings. The second-order valence-corrected chi connectivity index (χ2v) is 6.88. The predicted molar refractivity (Wildman–Crippen MR) is 109 cm³/mol.